The number of benzene rings is 1. The molecule has 1 fully saturated rings. The summed E-state index contributed by atoms with van der Waals surface area (Å²) in [5, 5.41) is 6.27. The molecule has 1 saturated carbocycles. The Hall–Kier alpha value is -1.44. The lowest BCUT2D eigenvalue weighted by Gasteiger charge is -2.36. The summed E-state index contributed by atoms with van der Waals surface area (Å²) in [4.78, 5) is 12.7. The highest BCUT2D eigenvalue weighted by molar-refractivity contribution is 7.89. The van der Waals surface area contributed by atoms with Gasteiger partial charge in [0.1, 0.15) is 0 Å². The van der Waals surface area contributed by atoms with Gasteiger partial charge in [-0.2, -0.15) is 0 Å². The summed E-state index contributed by atoms with van der Waals surface area (Å²) < 4.78 is 25.6. The van der Waals surface area contributed by atoms with Gasteiger partial charge >= 0.3 is 0 Å². The Morgan fingerprint density at radius 2 is 1.92 bits per heavy atom. The third kappa shape index (κ3) is 4.84. The van der Waals surface area contributed by atoms with Gasteiger partial charge in [-0.05, 0) is 43.4 Å². The molecule has 0 radical (unpaired) electrons. The molecule has 6 nitrogen and oxygen atoms in total. The quantitative estimate of drug-likeness (QED) is 0.794. The number of carbonyl (C=O) groups excluding carboxylic acids is 1. The Bertz CT molecular complexity index is 733. The third-order valence-corrected chi connectivity index (χ3v) is 7.26. The van der Waals surface area contributed by atoms with E-state index >= 15 is 0 Å². The second-order valence-electron chi connectivity index (χ2n) is 7.57. The fourth-order valence-electron chi connectivity index (χ4n) is 3.41. The highest BCUT2D eigenvalue weighted by Gasteiger charge is 2.29. The molecule has 4 atom stereocenters. The van der Waals surface area contributed by atoms with Crippen molar-refractivity contribution in [2.45, 2.75) is 57.0 Å². The Kier molecular flexibility index (Phi) is 6.82. The maximum absolute atomic E-state index is 12.5. The van der Waals surface area contributed by atoms with Crippen LogP contribution in [0.5, 0.6) is 0 Å². The summed E-state index contributed by atoms with van der Waals surface area (Å²) >= 11 is 0. The van der Waals surface area contributed by atoms with E-state index in [1.807, 2.05) is 6.92 Å². The predicted octanol–water partition coefficient (Wildman–Crippen LogP) is 2.68. The number of sulfonamides is 1. The Labute approximate surface area is 157 Å². The van der Waals surface area contributed by atoms with Crippen LogP contribution in [0, 0.1) is 11.8 Å². The monoisotopic (exact) mass is 381 g/mol. The van der Waals surface area contributed by atoms with Crippen LogP contribution in [-0.2, 0) is 14.8 Å². The second-order valence-corrected chi connectivity index (χ2v) is 9.72. The van der Waals surface area contributed by atoms with Crippen LogP contribution in [0.1, 0.15) is 40.0 Å². The number of anilines is 1. The van der Waals surface area contributed by atoms with Crippen molar-refractivity contribution in [3.63, 3.8) is 0 Å². The lowest BCUT2D eigenvalue weighted by molar-refractivity contribution is -0.118. The number of amides is 1. The van der Waals surface area contributed by atoms with Crippen LogP contribution in [0.25, 0.3) is 0 Å². The molecule has 146 valence electrons. The van der Waals surface area contributed by atoms with Gasteiger partial charge in [-0.3, -0.25) is 4.79 Å². The van der Waals surface area contributed by atoms with E-state index in [4.69, 9.17) is 0 Å². The minimum Gasteiger partial charge on any atom is -0.325 e. The van der Waals surface area contributed by atoms with E-state index in [9.17, 15) is 13.2 Å². The van der Waals surface area contributed by atoms with E-state index in [0.717, 1.165) is 10.7 Å². The van der Waals surface area contributed by atoms with E-state index in [1.165, 1.54) is 39.1 Å². The van der Waals surface area contributed by atoms with Crippen molar-refractivity contribution in [1.29, 1.82) is 0 Å². The zero-order valence-corrected chi connectivity index (χ0v) is 17.1. The molecule has 1 aromatic rings. The highest BCUT2D eigenvalue weighted by atomic mass is 32.2. The molecule has 0 bridgehead atoms. The molecule has 0 aromatic heterocycles. The van der Waals surface area contributed by atoms with E-state index < -0.39 is 10.0 Å². The molecule has 0 spiro atoms. The van der Waals surface area contributed by atoms with Gasteiger partial charge in [-0.1, -0.05) is 32.8 Å². The lowest BCUT2D eigenvalue weighted by atomic mass is 9.78. The zero-order valence-electron chi connectivity index (χ0n) is 16.3. The summed E-state index contributed by atoms with van der Waals surface area (Å²) in [5.74, 6) is 1.03. The van der Waals surface area contributed by atoms with Gasteiger partial charge in [-0.15, -0.1) is 0 Å². The highest BCUT2D eigenvalue weighted by Crippen LogP contribution is 2.29. The van der Waals surface area contributed by atoms with Crippen LogP contribution < -0.4 is 10.6 Å². The van der Waals surface area contributed by atoms with Crippen LogP contribution in [-0.4, -0.2) is 44.8 Å². The molecule has 7 heteroatoms. The molecule has 0 heterocycles. The van der Waals surface area contributed by atoms with Crippen LogP contribution in [0.2, 0.25) is 0 Å². The van der Waals surface area contributed by atoms with Gasteiger partial charge in [0.2, 0.25) is 15.9 Å². The SMILES string of the molecule is CC(NC1CCCC(C)C1C)C(=O)Nc1cccc(S(=O)(=O)N(C)C)c1. The van der Waals surface area contributed by atoms with Gasteiger partial charge in [0.05, 0.1) is 10.9 Å². The summed E-state index contributed by atoms with van der Waals surface area (Å²) in [5.41, 5.74) is 0.483. The minimum atomic E-state index is -3.53. The van der Waals surface area contributed by atoms with Crippen LogP contribution in [0.3, 0.4) is 0 Å². The molecule has 1 amide bonds. The first kappa shape index (κ1) is 20.9. The molecule has 1 aliphatic carbocycles. The summed E-state index contributed by atoms with van der Waals surface area (Å²) in [6, 6.07) is 6.34. The molecule has 2 rings (SSSR count). The number of hydrogen-bond donors (Lipinski definition) is 2. The lowest BCUT2D eigenvalue weighted by Crippen LogP contribution is -2.49. The molecule has 0 aliphatic heterocycles. The largest absolute Gasteiger partial charge is 0.325 e. The van der Waals surface area contributed by atoms with Gasteiger partial charge in [-0.25, -0.2) is 12.7 Å². The second kappa shape index (κ2) is 8.50. The van der Waals surface area contributed by atoms with Crippen molar-refractivity contribution < 1.29 is 13.2 Å². The average Bonchev–Trinajstić information content (AvgIpc) is 2.59. The Morgan fingerprint density at radius 1 is 1.23 bits per heavy atom. The van der Waals surface area contributed by atoms with E-state index in [2.05, 4.69) is 24.5 Å². The van der Waals surface area contributed by atoms with Crippen LogP contribution in [0.4, 0.5) is 5.69 Å². The maximum atomic E-state index is 12.5. The smallest absolute Gasteiger partial charge is 0.242 e. The predicted molar refractivity (Wildman–Crippen MR) is 105 cm³/mol. The van der Waals surface area contributed by atoms with E-state index in [-0.39, 0.29) is 16.8 Å². The first-order chi connectivity index (χ1) is 12.1. The summed E-state index contributed by atoms with van der Waals surface area (Å²) in [7, 11) is -0.555. The van der Waals surface area contributed by atoms with Crippen molar-refractivity contribution >= 4 is 21.6 Å². The van der Waals surface area contributed by atoms with Crippen LogP contribution in [0.15, 0.2) is 29.2 Å². The fraction of sp³-hybridized carbons (Fsp3) is 0.632. The van der Waals surface area contributed by atoms with Crippen molar-refractivity contribution in [3.05, 3.63) is 24.3 Å². The summed E-state index contributed by atoms with van der Waals surface area (Å²) in [6.07, 6.45) is 3.51. The van der Waals surface area contributed by atoms with Gasteiger partial charge < -0.3 is 10.6 Å². The molecule has 1 aromatic carbocycles. The summed E-state index contributed by atoms with van der Waals surface area (Å²) in [6.45, 7) is 6.35. The number of nitrogens with zero attached hydrogens (tertiary/aromatic N) is 1. The molecular weight excluding hydrogens is 350 g/mol. The van der Waals surface area contributed by atoms with Crippen molar-refractivity contribution in [1.82, 2.24) is 9.62 Å². The van der Waals surface area contributed by atoms with Crippen molar-refractivity contribution in [2.75, 3.05) is 19.4 Å². The topological polar surface area (TPSA) is 78.5 Å². The fourth-order valence-corrected chi connectivity index (χ4v) is 4.36. The van der Waals surface area contributed by atoms with E-state index in [0.29, 0.717) is 23.6 Å². The van der Waals surface area contributed by atoms with Gasteiger partial charge in [0, 0.05) is 25.8 Å². The molecule has 1 aliphatic rings. The van der Waals surface area contributed by atoms with Crippen molar-refractivity contribution in [2.24, 2.45) is 11.8 Å². The molecule has 26 heavy (non-hydrogen) atoms. The van der Waals surface area contributed by atoms with Gasteiger partial charge in [0.15, 0.2) is 0 Å². The number of nitrogens with one attached hydrogen (secondary N) is 2. The first-order valence-electron chi connectivity index (χ1n) is 9.22. The van der Waals surface area contributed by atoms with E-state index in [1.54, 1.807) is 12.1 Å². The number of carbonyl (C=O) groups is 1. The minimum absolute atomic E-state index is 0.158. The normalized spacial score (nSPS) is 25.1. The maximum Gasteiger partial charge on any atom is 0.242 e. The molecule has 0 saturated heterocycles. The first-order valence-corrected chi connectivity index (χ1v) is 10.7. The standard InChI is InChI=1S/C19H31N3O3S/c1-13-8-6-11-18(14(13)2)20-15(3)19(23)21-16-9-7-10-17(12-16)26(24,25)22(4)5/h7,9-10,12-15,18,20H,6,8,11H2,1-5H3,(H,21,23). The van der Waals surface area contributed by atoms with Crippen molar-refractivity contribution in [3.8, 4) is 0 Å². The van der Waals surface area contributed by atoms with Gasteiger partial charge in [0.25, 0.3) is 0 Å². The zero-order chi connectivity index (χ0) is 19.5. The Morgan fingerprint density at radius 3 is 2.58 bits per heavy atom. The third-order valence-electron chi connectivity index (χ3n) is 5.44. The molecular formula is C19H31N3O3S. The molecule has 2 N–H and O–H groups in total. The average molecular weight is 382 g/mol. The number of hydrogen-bond acceptors (Lipinski definition) is 4. The number of rotatable bonds is 6. The van der Waals surface area contributed by atoms with Crippen LogP contribution >= 0.6 is 0 Å². The molecule has 4 unspecified atom stereocenters. The Balaban J connectivity index is 2.03.